The van der Waals surface area contributed by atoms with Crippen LogP contribution >= 0.6 is 0 Å². The van der Waals surface area contributed by atoms with Gasteiger partial charge < -0.3 is 25.0 Å². The second-order valence-corrected chi connectivity index (χ2v) is 6.14. The zero-order valence-corrected chi connectivity index (χ0v) is 13.9. The highest BCUT2D eigenvalue weighted by Gasteiger charge is 2.29. The van der Waals surface area contributed by atoms with Gasteiger partial charge in [0, 0.05) is 19.3 Å². The molecule has 1 heterocycles. The Morgan fingerprint density at radius 1 is 1.39 bits per heavy atom. The first-order valence-corrected chi connectivity index (χ1v) is 7.45. The molecular weight excluding hydrogens is 298 g/mol. The van der Waals surface area contributed by atoms with E-state index in [2.05, 4.69) is 15.5 Å². The maximum Gasteiger partial charge on any atom is 0.319 e. The van der Waals surface area contributed by atoms with E-state index in [4.69, 9.17) is 9.47 Å². The fourth-order valence-corrected chi connectivity index (χ4v) is 2.25. The minimum absolute atomic E-state index is 0.180. The summed E-state index contributed by atoms with van der Waals surface area (Å²) in [6, 6.07) is 5.10. The van der Waals surface area contributed by atoms with Gasteiger partial charge in [0.25, 0.3) is 0 Å². The smallest absolute Gasteiger partial charge is 0.319 e. The van der Waals surface area contributed by atoms with E-state index in [1.807, 2.05) is 19.2 Å². The predicted octanol–water partition coefficient (Wildman–Crippen LogP) is 1.84. The van der Waals surface area contributed by atoms with Crippen LogP contribution in [0, 0.1) is 5.41 Å². The van der Waals surface area contributed by atoms with E-state index in [9.17, 15) is 9.59 Å². The van der Waals surface area contributed by atoms with E-state index in [0.717, 1.165) is 18.0 Å². The van der Waals surface area contributed by atoms with Gasteiger partial charge in [-0.1, -0.05) is 0 Å². The summed E-state index contributed by atoms with van der Waals surface area (Å²) < 4.78 is 10.3. The fraction of sp³-hybridized carbons (Fsp3) is 0.500. The Hall–Kier alpha value is -2.44. The van der Waals surface area contributed by atoms with Crippen LogP contribution in [0.5, 0.6) is 5.75 Å². The Bertz CT molecular complexity index is 601. The highest BCUT2D eigenvalue weighted by atomic mass is 16.5. The molecule has 2 N–H and O–H groups in total. The molecule has 0 aliphatic carbocycles. The molecule has 1 aromatic carbocycles. The molecule has 0 atom stereocenters. The molecule has 0 saturated carbocycles. The van der Waals surface area contributed by atoms with Gasteiger partial charge in [0.2, 0.25) is 0 Å². The molecular formula is C16H23N3O4. The number of nitrogens with zero attached hydrogens (tertiary/aromatic N) is 1. The lowest BCUT2D eigenvalue weighted by Crippen LogP contribution is -2.41. The number of rotatable bonds is 4. The normalized spacial score (nSPS) is 13.7. The van der Waals surface area contributed by atoms with Crippen LogP contribution in [0.1, 0.15) is 13.8 Å². The Morgan fingerprint density at radius 2 is 2.13 bits per heavy atom. The summed E-state index contributed by atoms with van der Waals surface area (Å²) in [5, 5.41) is 5.44. The molecule has 2 rings (SSSR count). The SMILES string of the molecule is COC(=O)C(C)(C)CNC(=O)Nc1ccc2c(c1)N(C)CCO2. The highest BCUT2D eigenvalue weighted by molar-refractivity contribution is 5.90. The average molecular weight is 321 g/mol. The van der Waals surface area contributed by atoms with Crippen molar-refractivity contribution in [2.75, 3.05) is 44.1 Å². The Morgan fingerprint density at radius 3 is 2.83 bits per heavy atom. The fourth-order valence-electron chi connectivity index (χ4n) is 2.25. The Kier molecular flexibility index (Phi) is 4.98. The summed E-state index contributed by atoms with van der Waals surface area (Å²) in [5.74, 6) is 0.432. The molecule has 0 aromatic heterocycles. The maximum atomic E-state index is 12.0. The topological polar surface area (TPSA) is 79.9 Å². The van der Waals surface area contributed by atoms with E-state index in [0.29, 0.717) is 12.3 Å². The number of likely N-dealkylation sites (N-methyl/N-ethyl adjacent to an activating group) is 1. The third kappa shape index (κ3) is 4.06. The summed E-state index contributed by atoms with van der Waals surface area (Å²) in [7, 11) is 3.31. The first kappa shape index (κ1) is 16.9. The van der Waals surface area contributed by atoms with E-state index >= 15 is 0 Å². The lowest BCUT2D eigenvalue weighted by Gasteiger charge is -2.28. The van der Waals surface area contributed by atoms with Crippen LogP contribution in [0.3, 0.4) is 0 Å². The van der Waals surface area contributed by atoms with Crippen LogP contribution in [0.2, 0.25) is 0 Å². The lowest BCUT2D eigenvalue weighted by molar-refractivity contribution is -0.150. The maximum absolute atomic E-state index is 12.0. The van der Waals surface area contributed by atoms with E-state index in [1.165, 1.54) is 7.11 Å². The van der Waals surface area contributed by atoms with Crippen molar-refractivity contribution < 1.29 is 19.1 Å². The van der Waals surface area contributed by atoms with Crippen LogP contribution in [-0.2, 0) is 9.53 Å². The van der Waals surface area contributed by atoms with Crippen molar-refractivity contribution in [2.24, 2.45) is 5.41 Å². The minimum atomic E-state index is -0.782. The van der Waals surface area contributed by atoms with Crippen molar-refractivity contribution in [3.05, 3.63) is 18.2 Å². The van der Waals surface area contributed by atoms with Crippen LogP contribution in [-0.4, -0.2) is 45.9 Å². The Balaban J connectivity index is 1.96. The summed E-state index contributed by atoms with van der Waals surface area (Å²) in [4.78, 5) is 25.7. The average Bonchev–Trinajstić information content (AvgIpc) is 2.53. The van der Waals surface area contributed by atoms with Crippen molar-refractivity contribution in [3.63, 3.8) is 0 Å². The molecule has 1 aliphatic rings. The van der Waals surface area contributed by atoms with Gasteiger partial charge in [-0.3, -0.25) is 4.79 Å². The van der Waals surface area contributed by atoms with Crippen LogP contribution in [0.15, 0.2) is 18.2 Å². The van der Waals surface area contributed by atoms with Crippen molar-refractivity contribution in [1.29, 1.82) is 0 Å². The first-order chi connectivity index (χ1) is 10.8. The quantitative estimate of drug-likeness (QED) is 0.827. The van der Waals surface area contributed by atoms with Gasteiger partial charge in [0.05, 0.1) is 24.8 Å². The standard InChI is InChI=1S/C16H23N3O4/c1-16(2,14(20)22-4)10-17-15(21)18-11-5-6-13-12(9-11)19(3)7-8-23-13/h5-6,9H,7-8,10H2,1-4H3,(H2,17,18,21). The number of carbonyl (C=O) groups is 2. The number of nitrogens with one attached hydrogen (secondary N) is 2. The van der Waals surface area contributed by atoms with Crippen molar-refractivity contribution in [3.8, 4) is 5.75 Å². The van der Waals surface area contributed by atoms with Gasteiger partial charge in [-0.2, -0.15) is 0 Å². The van der Waals surface area contributed by atoms with Gasteiger partial charge in [-0.15, -0.1) is 0 Å². The monoisotopic (exact) mass is 321 g/mol. The minimum Gasteiger partial charge on any atom is -0.490 e. The second kappa shape index (κ2) is 6.76. The van der Waals surface area contributed by atoms with Crippen LogP contribution in [0.25, 0.3) is 0 Å². The summed E-state index contributed by atoms with van der Waals surface area (Å²) in [6.07, 6.45) is 0. The van der Waals surface area contributed by atoms with Gasteiger partial charge in [0.15, 0.2) is 0 Å². The summed E-state index contributed by atoms with van der Waals surface area (Å²) >= 11 is 0. The summed E-state index contributed by atoms with van der Waals surface area (Å²) in [6.45, 7) is 5.06. The van der Waals surface area contributed by atoms with Gasteiger partial charge in [0.1, 0.15) is 12.4 Å². The third-order valence-electron chi connectivity index (χ3n) is 3.74. The van der Waals surface area contributed by atoms with Crippen LogP contribution < -0.4 is 20.3 Å². The number of amides is 2. The number of benzene rings is 1. The molecule has 0 unspecified atom stereocenters. The molecule has 0 radical (unpaired) electrons. The molecule has 7 nitrogen and oxygen atoms in total. The predicted molar refractivity (Wildman–Crippen MR) is 88.0 cm³/mol. The number of fused-ring (bicyclic) bond motifs is 1. The molecule has 126 valence electrons. The number of hydrogen-bond donors (Lipinski definition) is 2. The third-order valence-corrected chi connectivity index (χ3v) is 3.74. The molecule has 0 spiro atoms. The van der Waals surface area contributed by atoms with Crippen molar-refractivity contribution >= 4 is 23.4 Å². The molecule has 1 aliphatic heterocycles. The number of anilines is 2. The highest BCUT2D eigenvalue weighted by Crippen LogP contribution is 2.33. The number of urea groups is 1. The van der Waals surface area contributed by atoms with Crippen molar-refractivity contribution in [1.82, 2.24) is 5.32 Å². The molecule has 0 bridgehead atoms. The van der Waals surface area contributed by atoms with E-state index < -0.39 is 5.41 Å². The van der Waals surface area contributed by atoms with E-state index in [-0.39, 0.29) is 18.5 Å². The number of methoxy groups -OCH3 is 1. The zero-order chi connectivity index (χ0) is 17.0. The van der Waals surface area contributed by atoms with Gasteiger partial charge in [-0.05, 0) is 32.0 Å². The molecule has 2 amide bonds. The lowest BCUT2D eigenvalue weighted by atomic mass is 9.94. The number of carbonyl (C=O) groups excluding carboxylic acids is 2. The number of hydrogen-bond acceptors (Lipinski definition) is 5. The molecule has 0 saturated heterocycles. The van der Waals surface area contributed by atoms with Gasteiger partial charge in [-0.25, -0.2) is 4.79 Å². The first-order valence-electron chi connectivity index (χ1n) is 7.45. The number of esters is 1. The molecule has 23 heavy (non-hydrogen) atoms. The number of ether oxygens (including phenoxy) is 2. The Labute approximate surface area is 135 Å². The van der Waals surface area contributed by atoms with E-state index in [1.54, 1.807) is 19.9 Å². The molecule has 0 fully saturated rings. The molecule has 7 heteroatoms. The van der Waals surface area contributed by atoms with Crippen LogP contribution in [0.4, 0.5) is 16.2 Å². The summed E-state index contributed by atoms with van der Waals surface area (Å²) in [5.41, 5.74) is 0.814. The van der Waals surface area contributed by atoms with Gasteiger partial charge >= 0.3 is 12.0 Å². The largest absolute Gasteiger partial charge is 0.490 e. The van der Waals surface area contributed by atoms with Crippen molar-refractivity contribution in [2.45, 2.75) is 13.8 Å². The zero-order valence-electron chi connectivity index (χ0n) is 13.9. The molecule has 1 aromatic rings. The second-order valence-electron chi connectivity index (χ2n) is 6.14.